The topological polar surface area (TPSA) is 115 Å². The van der Waals surface area contributed by atoms with Crippen LogP contribution in [-0.4, -0.2) is 26.6 Å². The van der Waals surface area contributed by atoms with Crippen LogP contribution in [0.2, 0.25) is 0 Å². The minimum Gasteiger partial charge on any atom is -0.398 e. The number of primary amides is 1. The number of carbonyl (C=O) groups excluding carboxylic acids is 1. The first-order chi connectivity index (χ1) is 8.36. The average Bonchev–Trinajstić information content (AvgIpc) is 2.27. The molecule has 1 amide bonds. The van der Waals surface area contributed by atoms with Gasteiger partial charge in [0.1, 0.15) is 0 Å². The number of sulfonamides is 1. The summed E-state index contributed by atoms with van der Waals surface area (Å²) in [5, 5.41) is 0. The summed E-state index contributed by atoms with van der Waals surface area (Å²) >= 11 is 1.11. The Hall–Kier alpha value is -1.25. The molecule has 0 bridgehead atoms. The standard InChI is InChI=1S/C10H15N3O3S2/c1-2-13-18(15,16)7-3-4-8(11)9(5-7)17-6-10(12)14/h3-5,13H,2,6,11H2,1H3,(H2,12,14). The zero-order valence-corrected chi connectivity index (χ0v) is 11.5. The smallest absolute Gasteiger partial charge is 0.240 e. The summed E-state index contributed by atoms with van der Waals surface area (Å²) in [5.41, 5.74) is 11.1. The van der Waals surface area contributed by atoms with Crippen molar-refractivity contribution in [2.24, 2.45) is 5.73 Å². The first kappa shape index (κ1) is 14.8. The molecule has 0 aliphatic carbocycles. The van der Waals surface area contributed by atoms with E-state index in [2.05, 4.69) is 4.72 Å². The number of nitrogens with one attached hydrogen (secondary N) is 1. The molecule has 0 aliphatic rings. The molecule has 6 nitrogen and oxygen atoms in total. The van der Waals surface area contributed by atoms with E-state index in [1.807, 2.05) is 0 Å². The first-order valence-corrected chi connectivity index (χ1v) is 7.64. The van der Waals surface area contributed by atoms with E-state index < -0.39 is 15.9 Å². The van der Waals surface area contributed by atoms with Gasteiger partial charge in [0.25, 0.3) is 0 Å². The number of rotatable bonds is 6. The van der Waals surface area contributed by atoms with E-state index in [1.54, 1.807) is 6.92 Å². The van der Waals surface area contributed by atoms with Crippen molar-refractivity contribution in [3.63, 3.8) is 0 Å². The highest BCUT2D eigenvalue weighted by Gasteiger charge is 2.14. The van der Waals surface area contributed by atoms with Crippen LogP contribution in [0, 0.1) is 0 Å². The number of thioether (sulfide) groups is 1. The Morgan fingerprint density at radius 2 is 2.11 bits per heavy atom. The van der Waals surface area contributed by atoms with Crippen LogP contribution in [0.15, 0.2) is 28.0 Å². The van der Waals surface area contributed by atoms with E-state index in [-0.39, 0.29) is 10.6 Å². The van der Waals surface area contributed by atoms with Gasteiger partial charge < -0.3 is 11.5 Å². The van der Waals surface area contributed by atoms with E-state index in [0.717, 1.165) is 11.8 Å². The maximum Gasteiger partial charge on any atom is 0.240 e. The summed E-state index contributed by atoms with van der Waals surface area (Å²) in [6.07, 6.45) is 0. The van der Waals surface area contributed by atoms with Gasteiger partial charge in [0.15, 0.2) is 0 Å². The number of carbonyl (C=O) groups is 1. The average molecular weight is 289 g/mol. The number of anilines is 1. The lowest BCUT2D eigenvalue weighted by Crippen LogP contribution is -2.23. The van der Waals surface area contributed by atoms with E-state index >= 15 is 0 Å². The number of nitrogen functional groups attached to an aromatic ring is 1. The van der Waals surface area contributed by atoms with Crippen molar-refractivity contribution < 1.29 is 13.2 Å². The first-order valence-electron chi connectivity index (χ1n) is 5.17. The molecule has 0 aromatic heterocycles. The lowest BCUT2D eigenvalue weighted by atomic mass is 10.3. The van der Waals surface area contributed by atoms with Gasteiger partial charge in [0.2, 0.25) is 15.9 Å². The maximum absolute atomic E-state index is 11.8. The van der Waals surface area contributed by atoms with Crippen LogP contribution in [0.1, 0.15) is 6.92 Å². The zero-order chi connectivity index (χ0) is 13.8. The minimum absolute atomic E-state index is 0.0505. The van der Waals surface area contributed by atoms with Crippen molar-refractivity contribution >= 4 is 33.4 Å². The molecule has 100 valence electrons. The maximum atomic E-state index is 11.8. The number of hydrogen-bond acceptors (Lipinski definition) is 5. The van der Waals surface area contributed by atoms with Crippen LogP contribution in [-0.2, 0) is 14.8 Å². The molecule has 0 saturated carbocycles. The molecule has 0 radical (unpaired) electrons. The molecule has 0 saturated heterocycles. The van der Waals surface area contributed by atoms with Gasteiger partial charge >= 0.3 is 0 Å². The molecule has 0 fully saturated rings. The van der Waals surface area contributed by atoms with Crippen molar-refractivity contribution in [2.75, 3.05) is 18.0 Å². The van der Waals surface area contributed by atoms with E-state index in [0.29, 0.717) is 17.1 Å². The van der Waals surface area contributed by atoms with Gasteiger partial charge in [-0.15, -0.1) is 11.8 Å². The van der Waals surface area contributed by atoms with Crippen LogP contribution in [0.25, 0.3) is 0 Å². The van der Waals surface area contributed by atoms with Gasteiger partial charge in [-0.1, -0.05) is 6.92 Å². The predicted molar refractivity (Wildman–Crippen MR) is 71.6 cm³/mol. The number of hydrogen-bond donors (Lipinski definition) is 3. The van der Waals surface area contributed by atoms with Crippen LogP contribution in [0.3, 0.4) is 0 Å². The van der Waals surface area contributed by atoms with E-state index in [9.17, 15) is 13.2 Å². The summed E-state index contributed by atoms with van der Waals surface area (Å²) in [6.45, 7) is 1.99. The summed E-state index contributed by atoms with van der Waals surface area (Å²) in [6, 6.07) is 4.34. The van der Waals surface area contributed by atoms with Crippen molar-refractivity contribution in [3.8, 4) is 0 Å². The van der Waals surface area contributed by atoms with Gasteiger partial charge in [0.05, 0.1) is 10.6 Å². The van der Waals surface area contributed by atoms with Crippen LogP contribution < -0.4 is 16.2 Å². The quantitative estimate of drug-likeness (QED) is 0.509. The lowest BCUT2D eigenvalue weighted by molar-refractivity contribution is -0.115. The Morgan fingerprint density at radius 1 is 1.44 bits per heavy atom. The fourth-order valence-electron chi connectivity index (χ4n) is 1.23. The highest BCUT2D eigenvalue weighted by Crippen LogP contribution is 2.27. The third-order valence-electron chi connectivity index (χ3n) is 2.00. The van der Waals surface area contributed by atoms with Gasteiger partial charge in [-0.25, -0.2) is 13.1 Å². The van der Waals surface area contributed by atoms with Gasteiger partial charge in [-0.3, -0.25) is 4.79 Å². The summed E-state index contributed by atoms with van der Waals surface area (Å²) in [4.78, 5) is 11.3. The second-order valence-electron chi connectivity index (χ2n) is 3.46. The normalized spacial score (nSPS) is 11.4. The van der Waals surface area contributed by atoms with Crippen LogP contribution in [0.5, 0.6) is 0 Å². The minimum atomic E-state index is -3.52. The molecule has 1 rings (SSSR count). The van der Waals surface area contributed by atoms with Crippen molar-refractivity contribution in [2.45, 2.75) is 16.7 Å². The number of nitrogens with two attached hydrogens (primary N) is 2. The molecule has 0 atom stereocenters. The molecule has 1 aromatic rings. The Bertz CT molecular complexity index is 543. The highest BCUT2D eigenvalue weighted by molar-refractivity contribution is 8.00. The predicted octanol–water partition coefficient (Wildman–Crippen LogP) is 0.144. The second kappa shape index (κ2) is 6.07. The monoisotopic (exact) mass is 289 g/mol. The third-order valence-corrected chi connectivity index (χ3v) is 4.64. The highest BCUT2D eigenvalue weighted by atomic mass is 32.2. The molecule has 0 aliphatic heterocycles. The van der Waals surface area contributed by atoms with Crippen molar-refractivity contribution in [3.05, 3.63) is 18.2 Å². The van der Waals surface area contributed by atoms with Crippen molar-refractivity contribution in [1.29, 1.82) is 0 Å². The molecule has 0 unspecified atom stereocenters. The Labute approximate surface area is 110 Å². The van der Waals surface area contributed by atoms with Gasteiger partial charge in [0, 0.05) is 17.1 Å². The van der Waals surface area contributed by atoms with Crippen molar-refractivity contribution in [1.82, 2.24) is 4.72 Å². The molecule has 0 spiro atoms. The molecule has 1 aromatic carbocycles. The van der Waals surface area contributed by atoms with Crippen LogP contribution in [0.4, 0.5) is 5.69 Å². The molecular weight excluding hydrogens is 274 g/mol. The molecule has 18 heavy (non-hydrogen) atoms. The largest absolute Gasteiger partial charge is 0.398 e. The Morgan fingerprint density at radius 3 is 2.67 bits per heavy atom. The number of benzene rings is 1. The van der Waals surface area contributed by atoms with Gasteiger partial charge in [-0.05, 0) is 18.2 Å². The third kappa shape index (κ3) is 3.90. The fourth-order valence-corrected chi connectivity index (χ4v) is 3.11. The number of amides is 1. The second-order valence-corrected chi connectivity index (χ2v) is 6.24. The van der Waals surface area contributed by atoms with E-state index in [4.69, 9.17) is 11.5 Å². The molecule has 8 heteroatoms. The summed E-state index contributed by atoms with van der Waals surface area (Å²) < 4.78 is 25.9. The van der Waals surface area contributed by atoms with Gasteiger partial charge in [-0.2, -0.15) is 0 Å². The molecule has 0 heterocycles. The lowest BCUT2D eigenvalue weighted by Gasteiger charge is -2.08. The van der Waals surface area contributed by atoms with E-state index in [1.165, 1.54) is 18.2 Å². The molecular formula is C10H15N3O3S2. The molecule has 5 N–H and O–H groups in total. The SMILES string of the molecule is CCNS(=O)(=O)c1ccc(N)c(SCC(N)=O)c1. The Balaban J connectivity index is 3.04. The zero-order valence-electron chi connectivity index (χ0n) is 9.84. The summed E-state index contributed by atoms with van der Waals surface area (Å²) in [5.74, 6) is -0.436. The Kier molecular flexibility index (Phi) is 5.00. The van der Waals surface area contributed by atoms with Crippen LogP contribution >= 0.6 is 11.8 Å². The summed E-state index contributed by atoms with van der Waals surface area (Å²) in [7, 11) is -3.52. The fraction of sp³-hybridized carbons (Fsp3) is 0.300.